The Morgan fingerprint density at radius 1 is 1.46 bits per heavy atom. The average Bonchev–Trinajstić information content (AvgIpc) is 1.97. The Kier molecular flexibility index (Phi) is 20.0. The van der Waals surface area contributed by atoms with E-state index in [-0.39, 0.29) is 26.9 Å². The van der Waals surface area contributed by atoms with E-state index in [1.807, 2.05) is 6.26 Å². The van der Waals surface area contributed by atoms with Gasteiger partial charge in [0.2, 0.25) is 0 Å². The van der Waals surface area contributed by atoms with Crippen LogP contribution in [0.25, 0.3) is 0 Å². The third kappa shape index (κ3) is 15.9. The molecule has 6 heteroatoms. The van der Waals surface area contributed by atoms with Gasteiger partial charge in [0.05, 0.1) is 0 Å². The molecule has 0 rings (SSSR count). The molecule has 0 aliphatic rings. The molecule has 0 fully saturated rings. The fourth-order valence-corrected chi connectivity index (χ4v) is 1.13. The molecule has 0 aromatic carbocycles. The predicted octanol–water partition coefficient (Wildman–Crippen LogP) is 2.33. The van der Waals surface area contributed by atoms with E-state index in [1.165, 1.54) is 0 Å². The van der Waals surface area contributed by atoms with Crippen molar-refractivity contribution in [3.05, 3.63) is 7.43 Å². The predicted molar refractivity (Wildman–Crippen MR) is 69.7 cm³/mol. The second-order valence-electron chi connectivity index (χ2n) is 1.89. The second-order valence-corrected chi connectivity index (χ2v) is 4.62. The van der Waals surface area contributed by atoms with Gasteiger partial charge in [-0.25, -0.2) is 0 Å². The first-order valence-corrected chi connectivity index (χ1v) is 5.63. The van der Waals surface area contributed by atoms with E-state index in [4.69, 9.17) is 37.1 Å². The fourth-order valence-electron chi connectivity index (χ4n) is 0.495. The zero-order valence-electron chi connectivity index (χ0n) is 7.96. The summed E-state index contributed by atoms with van der Waals surface area (Å²) in [6.45, 7) is 0.871. The van der Waals surface area contributed by atoms with E-state index in [2.05, 4.69) is 5.32 Å². The van der Waals surface area contributed by atoms with Crippen molar-refractivity contribution in [2.24, 2.45) is 0 Å². The van der Waals surface area contributed by atoms with E-state index >= 15 is 0 Å². The topological polar surface area (TPSA) is 12.0 Å². The van der Waals surface area contributed by atoms with E-state index < -0.39 is 0 Å². The van der Waals surface area contributed by atoms with Crippen LogP contribution in [0.1, 0.15) is 12.8 Å². The van der Waals surface area contributed by atoms with Gasteiger partial charge in [-0.3, -0.25) is 0 Å². The zero-order valence-corrected chi connectivity index (χ0v) is 14.2. The van der Waals surface area contributed by atoms with Crippen LogP contribution in [0.15, 0.2) is 0 Å². The Bertz CT molecular complexity index is 151. The van der Waals surface area contributed by atoms with Crippen molar-refractivity contribution in [2.45, 2.75) is 12.8 Å². The fraction of sp³-hybridized carbons (Fsp3) is 0.571. The van der Waals surface area contributed by atoms with Gasteiger partial charge in [0, 0.05) is 6.54 Å². The van der Waals surface area contributed by atoms with Gasteiger partial charge in [-0.2, -0.15) is 4.20 Å². The summed E-state index contributed by atoms with van der Waals surface area (Å²) in [6, 6.07) is 0. The van der Waals surface area contributed by atoms with Crippen LogP contribution in [0.2, 0.25) is 0 Å². The van der Waals surface area contributed by atoms with Crippen LogP contribution >= 0.6 is 36.2 Å². The summed E-state index contributed by atoms with van der Waals surface area (Å²) in [5, 5.41) is 3.08. The van der Waals surface area contributed by atoms with E-state index in [9.17, 15) is 0 Å². The molecule has 13 heavy (non-hydrogen) atoms. The molecular weight excluding hydrogens is 292 g/mol. The Hall–Kier alpha value is 1.17. The smallest absolute Gasteiger partial charge is 0.433 e. The molecule has 0 aliphatic carbocycles. The van der Waals surface area contributed by atoms with Crippen LogP contribution in [0.5, 0.6) is 0 Å². The molecule has 0 saturated carbocycles. The first kappa shape index (κ1) is 19.7. The molecule has 0 amide bonds. The minimum Gasteiger partial charge on any atom is -0.433 e. The molecule has 0 unspecified atom stereocenters. The molecule has 0 atom stereocenters. The van der Waals surface area contributed by atoms with Crippen molar-refractivity contribution >= 4 is 57.3 Å². The molecular formula is C7H13NS4Zn. The summed E-state index contributed by atoms with van der Waals surface area (Å²) in [7, 11) is 0. The van der Waals surface area contributed by atoms with Gasteiger partial charge < -0.3 is 37.6 Å². The van der Waals surface area contributed by atoms with E-state index in [0.29, 0.717) is 4.20 Å². The Morgan fingerprint density at radius 2 is 2.00 bits per heavy atom. The number of rotatable bonds is 4. The van der Waals surface area contributed by atoms with Crippen LogP contribution in [0.4, 0.5) is 0 Å². The maximum absolute atomic E-state index is 4.93. The molecule has 0 bridgehead atoms. The third-order valence-electron chi connectivity index (χ3n) is 1.01. The minimum atomic E-state index is 0. The number of nitrogens with one attached hydrogen (secondary N) is 1. The van der Waals surface area contributed by atoms with Gasteiger partial charge in [0.25, 0.3) is 0 Å². The van der Waals surface area contributed by atoms with Gasteiger partial charge in [0.1, 0.15) is 4.32 Å². The first-order valence-electron chi connectivity index (χ1n) is 3.18. The molecule has 0 saturated heterocycles. The molecule has 0 aliphatic heterocycles. The van der Waals surface area contributed by atoms with E-state index in [0.717, 1.165) is 23.7 Å². The summed E-state index contributed by atoms with van der Waals surface area (Å²) in [5.74, 6) is 0. The molecule has 0 aromatic rings. The van der Waals surface area contributed by atoms with Gasteiger partial charge >= 0.3 is 19.5 Å². The molecule has 1 N–H and O–H groups in total. The summed E-state index contributed by atoms with van der Waals surface area (Å²) in [5.41, 5.74) is 0. The van der Waals surface area contributed by atoms with Gasteiger partial charge in [0.15, 0.2) is 0 Å². The SMILES string of the molecule is CSC(=S)NCCCC(=S)[S-].[CH3-].[Zn+2]. The van der Waals surface area contributed by atoms with Gasteiger partial charge in [-0.1, -0.05) is 12.2 Å². The standard InChI is InChI=1S/C6H11NS4.CH3.Zn/c1-11-6(10)7-4-2-3-5(8)9;;/h2-4H2,1H3,(H,7,10)(H,8,9);1H3;/q;-1;+2/p-1. The molecule has 0 spiro atoms. The third-order valence-corrected chi connectivity index (χ3v) is 2.58. The first-order chi connectivity index (χ1) is 5.16. The molecule has 0 radical (unpaired) electrons. The molecule has 0 heterocycles. The quantitative estimate of drug-likeness (QED) is 0.280. The number of thioether (sulfide) groups is 1. The number of hydrogen-bond acceptors (Lipinski definition) is 4. The number of hydrogen-bond donors (Lipinski definition) is 1. The summed E-state index contributed by atoms with van der Waals surface area (Å²) >= 11 is 16.0. The van der Waals surface area contributed by atoms with Crippen LogP contribution in [-0.2, 0) is 32.1 Å². The average molecular weight is 305 g/mol. The van der Waals surface area contributed by atoms with Crippen LogP contribution in [-0.4, -0.2) is 21.3 Å². The van der Waals surface area contributed by atoms with Crippen molar-refractivity contribution in [1.29, 1.82) is 0 Å². The number of thiocarbonyl (C=S) groups is 2. The van der Waals surface area contributed by atoms with Crippen LogP contribution in [0, 0.1) is 7.43 Å². The summed E-state index contributed by atoms with van der Waals surface area (Å²) < 4.78 is 1.49. The van der Waals surface area contributed by atoms with Gasteiger partial charge in [-0.15, -0.1) is 11.8 Å². The Labute approximate surface area is 114 Å². The van der Waals surface area contributed by atoms with Crippen molar-refractivity contribution in [1.82, 2.24) is 5.32 Å². The van der Waals surface area contributed by atoms with Crippen LogP contribution < -0.4 is 5.32 Å². The summed E-state index contributed by atoms with van der Waals surface area (Å²) in [6.07, 6.45) is 3.75. The molecule has 1 nitrogen and oxygen atoms in total. The molecule has 0 aromatic heterocycles. The van der Waals surface area contributed by atoms with Crippen molar-refractivity contribution in [3.63, 3.8) is 0 Å². The normalized spacial score (nSPS) is 7.77. The van der Waals surface area contributed by atoms with Crippen molar-refractivity contribution < 1.29 is 19.5 Å². The second kappa shape index (κ2) is 13.2. The summed E-state index contributed by atoms with van der Waals surface area (Å²) in [4.78, 5) is 0. The monoisotopic (exact) mass is 303 g/mol. The maximum atomic E-state index is 4.93. The Balaban J connectivity index is -0.000000500. The van der Waals surface area contributed by atoms with Gasteiger partial charge in [-0.05, 0) is 19.1 Å². The largest absolute Gasteiger partial charge is 2.00 e. The maximum Gasteiger partial charge on any atom is 2.00 e. The Morgan fingerprint density at radius 3 is 2.38 bits per heavy atom. The zero-order chi connectivity index (χ0) is 8.69. The van der Waals surface area contributed by atoms with E-state index in [1.54, 1.807) is 11.8 Å². The molecule has 72 valence electrons. The van der Waals surface area contributed by atoms with Crippen molar-refractivity contribution in [3.8, 4) is 0 Å². The van der Waals surface area contributed by atoms with Crippen molar-refractivity contribution in [2.75, 3.05) is 12.8 Å². The minimum absolute atomic E-state index is 0. The van der Waals surface area contributed by atoms with Crippen LogP contribution in [0.3, 0.4) is 0 Å².